The lowest BCUT2D eigenvalue weighted by molar-refractivity contribution is -0.00258. The fourth-order valence-corrected chi connectivity index (χ4v) is 10.6. The quantitative estimate of drug-likeness (QED) is 0.327. The maximum atomic E-state index is 2.61. The molecule has 5 saturated carbocycles. The summed E-state index contributed by atoms with van der Waals surface area (Å²) in [6.45, 7) is 12.2. The summed E-state index contributed by atoms with van der Waals surface area (Å²) < 4.78 is 0. The molecule has 210 valence electrons. The Bertz CT molecular complexity index is 599. The zero-order valence-electron chi connectivity index (χ0n) is 25.5. The first-order valence-corrected chi connectivity index (χ1v) is 17.5. The highest BCUT2D eigenvalue weighted by Crippen LogP contribution is 2.56. The number of unbranched alkanes of at least 4 members (excludes halogenated alkanes) is 1. The van der Waals surface area contributed by atoms with Gasteiger partial charge in [0.2, 0.25) is 0 Å². The molecule has 0 aliphatic heterocycles. The molecule has 0 aromatic carbocycles. The first-order chi connectivity index (χ1) is 17.5. The van der Waals surface area contributed by atoms with E-state index in [0.717, 1.165) is 65.1 Å². The van der Waals surface area contributed by atoms with Gasteiger partial charge in [-0.25, -0.2) is 0 Å². The van der Waals surface area contributed by atoms with Crippen molar-refractivity contribution in [2.75, 3.05) is 0 Å². The Labute approximate surface area is 227 Å². The van der Waals surface area contributed by atoms with E-state index < -0.39 is 0 Å². The molecule has 0 heteroatoms. The maximum absolute atomic E-state index is 2.61. The molecular weight excluding hydrogens is 432 g/mol. The first-order valence-electron chi connectivity index (χ1n) is 17.5. The fourth-order valence-electron chi connectivity index (χ4n) is 10.6. The van der Waals surface area contributed by atoms with E-state index in [-0.39, 0.29) is 0 Å². The lowest BCUT2D eigenvalue weighted by atomic mass is 9.56. The van der Waals surface area contributed by atoms with Crippen LogP contribution in [-0.2, 0) is 0 Å². The van der Waals surface area contributed by atoms with Crippen molar-refractivity contribution in [3.63, 3.8) is 0 Å². The molecule has 0 aromatic heterocycles. The standard InChI is InChI=1S/C22H40.C14H26/c1-4-6-9-20-16(3)15-19-8-7-10-21(19)22(20)18-13-11-17(5-2)12-14-18;1-3-12-5-4-6-13(10-12)14-8-7-11(2)9-14/h16-22H,4-15H2,1-3H3;11-14H,3-10H2,1-2H3. The van der Waals surface area contributed by atoms with Crippen LogP contribution >= 0.6 is 0 Å². The average molecular weight is 499 g/mol. The second-order valence-electron chi connectivity index (χ2n) is 15.0. The number of hydrogen-bond acceptors (Lipinski definition) is 0. The zero-order chi connectivity index (χ0) is 25.5. The van der Waals surface area contributed by atoms with Crippen molar-refractivity contribution in [3.05, 3.63) is 0 Å². The normalized spacial score (nSPS) is 45.1. The molecule has 0 bridgehead atoms. The highest BCUT2D eigenvalue weighted by atomic mass is 14.5. The molecular formula is C36H66. The van der Waals surface area contributed by atoms with Crippen molar-refractivity contribution in [1.29, 1.82) is 0 Å². The fraction of sp³-hybridized carbons (Fsp3) is 1.00. The molecule has 0 amide bonds. The van der Waals surface area contributed by atoms with E-state index in [0.29, 0.717) is 0 Å². The van der Waals surface area contributed by atoms with Gasteiger partial charge in [-0.1, -0.05) is 112 Å². The van der Waals surface area contributed by atoms with Gasteiger partial charge < -0.3 is 0 Å². The predicted molar refractivity (Wildman–Crippen MR) is 159 cm³/mol. The molecule has 0 radical (unpaired) electrons. The minimum absolute atomic E-state index is 1.01. The average Bonchev–Trinajstić information content (AvgIpc) is 3.56. The van der Waals surface area contributed by atoms with Gasteiger partial charge in [-0.2, -0.15) is 0 Å². The molecule has 0 N–H and O–H groups in total. The van der Waals surface area contributed by atoms with Gasteiger partial charge in [-0.15, -0.1) is 0 Å². The van der Waals surface area contributed by atoms with Crippen molar-refractivity contribution >= 4 is 0 Å². The molecule has 0 saturated heterocycles. The number of fused-ring (bicyclic) bond motifs is 1. The van der Waals surface area contributed by atoms with E-state index in [1.54, 1.807) is 83.5 Å². The summed E-state index contributed by atoms with van der Waals surface area (Å²) >= 11 is 0. The van der Waals surface area contributed by atoms with Crippen LogP contribution < -0.4 is 0 Å². The van der Waals surface area contributed by atoms with Crippen molar-refractivity contribution in [2.45, 2.75) is 163 Å². The Balaban J connectivity index is 0.000000187. The second-order valence-corrected chi connectivity index (χ2v) is 15.0. The second kappa shape index (κ2) is 14.4. The van der Waals surface area contributed by atoms with Gasteiger partial charge in [-0.3, -0.25) is 0 Å². The van der Waals surface area contributed by atoms with Gasteiger partial charge in [0.15, 0.2) is 0 Å². The number of hydrogen-bond donors (Lipinski definition) is 0. The van der Waals surface area contributed by atoms with E-state index in [1.165, 1.54) is 44.9 Å². The van der Waals surface area contributed by atoms with Gasteiger partial charge in [0.25, 0.3) is 0 Å². The van der Waals surface area contributed by atoms with Crippen molar-refractivity contribution in [1.82, 2.24) is 0 Å². The molecule has 9 atom stereocenters. The molecule has 5 fully saturated rings. The molecule has 0 aromatic rings. The third-order valence-electron chi connectivity index (χ3n) is 12.8. The van der Waals surface area contributed by atoms with E-state index >= 15 is 0 Å². The zero-order valence-corrected chi connectivity index (χ0v) is 25.5. The van der Waals surface area contributed by atoms with Crippen molar-refractivity contribution in [2.24, 2.45) is 65.1 Å². The van der Waals surface area contributed by atoms with Gasteiger partial charge in [0, 0.05) is 0 Å². The van der Waals surface area contributed by atoms with Crippen molar-refractivity contribution < 1.29 is 0 Å². The Morgan fingerprint density at radius 3 is 1.89 bits per heavy atom. The summed E-state index contributed by atoms with van der Waals surface area (Å²) in [5.74, 6) is 11.9. The number of rotatable bonds is 7. The van der Waals surface area contributed by atoms with Gasteiger partial charge in [0.05, 0.1) is 0 Å². The van der Waals surface area contributed by atoms with E-state index in [2.05, 4.69) is 34.6 Å². The highest BCUT2D eigenvalue weighted by Gasteiger charge is 2.47. The van der Waals surface area contributed by atoms with E-state index in [1.807, 2.05) is 0 Å². The molecule has 0 nitrogen and oxygen atoms in total. The third kappa shape index (κ3) is 7.34. The van der Waals surface area contributed by atoms with Crippen LogP contribution in [-0.4, -0.2) is 0 Å². The summed E-state index contributed by atoms with van der Waals surface area (Å²) in [4.78, 5) is 0. The molecule has 0 heterocycles. The minimum atomic E-state index is 1.01. The van der Waals surface area contributed by atoms with Gasteiger partial charge in [0.1, 0.15) is 0 Å². The molecule has 36 heavy (non-hydrogen) atoms. The Hall–Kier alpha value is 0. The minimum Gasteiger partial charge on any atom is -0.0654 e. The van der Waals surface area contributed by atoms with Crippen LogP contribution in [0.15, 0.2) is 0 Å². The third-order valence-corrected chi connectivity index (χ3v) is 12.8. The van der Waals surface area contributed by atoms with E-state index in [4.69, 9.17) is 0 Å². The summed E-state index contributed by atoms with van der Waals surface area (Å²) in [7, 11) is 0. The molecule has 9 unspecified atom stereocenters. The highest BCUT2D eigenvalue weighted by molar-refractivity contribution is 4.97. The van der Waals surface area contributed by atoms with Crippen LogP contribution in [0.5, 0.6) is 0 Å². The topological polar surface area (TPSA) is 0 Å². The monoisotopic (exact) mass is 499 g/mol. The Morgan fingerprint density at radius 2 is 1.22 bits per heavy atom. The van der Waals surface area contributed by atoms with Crippen LogP contribution in [0.25, 0.3) is 0 Å². The maximum Gasteiger partial charge on any atom is -0.0324 e. The van der Waals surface area contributed by atoms with Gasteiger partial charge in [-0.05, 0) is 116 Å². The Kier molecular flexibility index (Phi) is 11.6. The molecule has 0 spiro atoms. The molecule has 5 rings (SSSR count). The Morgan fingerprint density at radius 1 is 0.556 bits per heavy atom. The lowest BCUT2D eigenvalue weighted by Gasteiger charge is -2.49. The smallest absolute Gasteiger partial charge is 0.0324 e. The summed E-state index contributed by atoms with van der Waals surface area (Å²) in [6.07, 6.45) is 30.5. The van der Waals surface area contributed by atoms with Gasteiger partial charge >= 0.3 is 0 Å². The predicted octanol–water partition coefficient (Wildman–Crippen LogP) is 11.7. The SMILES string of the molecule is CCC1CCCC(C2CCC(C)C2)C1.CCCCC1C(C)CC2CCCC2C1C1CCC(CC)CC1. The summed E-state index contributed by atoms with van der Waals surface area (Å²) in [5.41, 5.74) is 0. The summed E-state index contributed by atoms with van der Waals surface area (Å²) in [5, 5.41) is 0. The van der Waals surface area contributed by atoms with Crippen LogP contribution in [0.2, 0.25) is 0 Å². The summed E-state index contributed by atoms with van der Waals surface area (Å²) in [6, 6.07) is 0. The lowest BCUT2D eigenvalue weighted by Crippen LogP contribution is -2.42. The first kappa shape index (κ1) is 29.0. The van der Waals surface area contributed by atoms with E-state index in [9.17, 15) is 0 Å². The van der Waals surface area contributed by atoms with Crippen LogP contribution in [0, 0.1) is 65.1 Å². The largest absolute Gasteiger partial charge is 0.0654 e. The molecule has 5 aliphatic rings. The van der Waals surface area contributed by atoms with Crippen LogP contribution in [0.4, 0.5) is 0 Å². The van der Waals surface area contributed by atoms with Crippen LogP contribution in [0.3, 0.4) is 0 Å². The molecule has 5 aliphatic carbocycles. The van der Waals surface area contributed by atoms with Crippen LogP contribution in [0.1, 0.15) is 163 Å². The van der Waals surface area contributed by atoms with Crippen molar-refractivity contribution in [3.8, 4) is 0 Å².